The molecule has 94 heavy (non-hydrogen) atoms. The Morgan fingerprint density at radius 3 is 1.18 bits per heavy atom. The number of rotatable bonds is 23. The second-order valence-corrected chi connectivity index (χ2v) is 27.5. The van der Waals surface area contributed by atoms with Crippen molar-refractivity contribution in [3.05, 3.63) is 260 Å². The number of hydrogen-bond acceptors (Lipinski definition) is 14. The molecule has 19 nitrogen and oxygen atoms in total. The minimum Gasteiger partial charge on any atom is -0.870 e. The molecular formula is C68H63Cl2LiN8O11S4. The molecule has 0 aliphatic heterocycles. The first kappa shape index (κ1) is 72.6. The number of halogens is 2. The van der Waals surface area contributed by atoms with Crippen molar-refractivity contribution >= 4 is 123 Å². The van der Waals surface area contributed by atoms with E-state index < -0.39 is 44.0 Å². The van der Waals surface area contributed by atoms with E-state index in [4.69, 9.17) is 27.9 Å². The van der Waals surface area contributed by atoms with Gasteiger partial charge in [-0.05, 0) is 103 Å². The van der Waals surface area contributed by atoms with Gasteiger partial charge in [-0.2, -0.15) is 0 Å². The van der Waals surface area contributed by atoms with Crippen molar-refractivity contribution in [1.82, 2.24) is 9.97 Å². The number of nitrogens with one attached hydrogen (secondary N) is 4. The number of carboxylic acid groups (broad SMARTS) is 1. The molecule has 10 rings (SSSR count). The van der Waals surface area contributed by atoms with E-state index in [9.17, 15) is 41.1 Å². The van der Waals surface area contributed by atoms with Crippen molar-refractivity contribution < 1.29 is 70.2 Å². The minimum atomic E-state index is -3.43. The average molecular weight is 1370 g/mol. The van der Waals surface area contributed by atoms with Crippen LogP contribution in [0.5, 0.6) is 0 Å². The van der Waals surface area contributed by atoms with Gasteiger partial charge in [-0.25, -0.2) is 46.0 Å². The SMILES string of the molecule is CCOC(=O)c1cccc(N(CCC(c2ccccc2)c2ccccc2)C(=O)Nc2nc(-c3ccc(NS(C)(=O)=O)cc3)c(Cl)s2)c1.CS(=O)(=O)Nc1ccc(-c2nc(NC(=O)N(CCC(c3ccccc3)c3ccccc3)c3cccc(C(=O)O)c3)sc2Cl)cc1.[Li+].[OH-]. The Hall–Kier alpha value is -8.86. The number of hydrogen-bond donors (Lipinski definition) is 5. The maximum absolute atomic E-state index is 14.0. The number of carbonyl (C=O) groups is 4. The Morgan fingerprint density at radius 2 is 0.851 bits per heavy atom. The Bertz CT molecular complexity index is 4330. The molecule has 0 aliphatic rings. The summed E-state index contributed by atoms with van der Waals surface area (Å²) in [6.07, 6.45) is 3.28. The van der Waals surface area contributed by atoms with E-state index in [1.807, 2.05) is 72.8 Å². The summed E-state index contributed by atoms with van der Waals surface area (Å²) in [6.45, 7) is 2.55. The van der Waals surface area contributed by atoms with Crippen LogP contribution in [0.2, 0.25) is 8.67 Å². The van der Waals surface area contributed by atoms with Gasteiger partial charge >= 0.3 is 42.9 Å². The molecule has 2 aromatic heterocycles. The standard InChI is InChI=1S/C35H33ClN4O5S2.C33H29ClN4O5S2.Li.H2O/c1-3-45-33(41)27-15-10-16-29(23-27)40(22-21-30(24-11-6-4-7-12-24)25-13-8-5-9-14-25)35(42)38-34-37-31(32(36)46-34)26-17-19-28(20-18-26)39-47(2,43)44;1-45(42,43)37-26-17-15-24(16-18-26)29-30(34)44-32(35-29)36-33(41)38(27-14-8-13-25(21-27)31(39)40)20-19-28(22-9-4-2-5-10-22)23-11-6-3-7-12-23;;/h4-20,23,30,39H,3,21-22H2,1-2H3,(H,37,38,42);2-18,21,28,37H,19-20H2,1H3,(H,39,40)(H,35,36,41);;1H2/q;;+1;/p-1. The number of benzene rings is 8. The van der Waals surface area contributed by atoms with Gasteiger partial charge in [-0.1, -0.05) is 204 Å². The number of thiazole rings is 2. The van der Waals surface area contributed by atoms with Gasteiger partial charge in [0.25, 0.3) is 0 Å². The quantitative estimate of drug-likeness (QED) is 0.0295. The van der Waals surface area contributed by atoms with Crippen molar-refractivity contribution in [3.63, 3.8) is 0 Å². The topological polar surface area (TPSA) is 276 Å². The Kier molecular flexibility index (Phi) is 26.1. The average Bonchev–Trinajstić information content (AvgIpc) is 1.84. The maximum Gasteiger partial charge on any atom is 1.00 e. The first-order chi connectivity index (χ1) is 44.2. The third kappa shape index (κ3) is 20.3. The summed E-state index contributed by atoms with van der Waals surface area (Å²) in [5.74, 6) is -1.60. The van der Waals surface area contributed by atoms with E-state index in [1.54, 1.807) is 96.8 Å². The number of esters is 1. The first-order valence-corrected chi connectivity index (χ1v) is 34.8. The Balaban J connectivity index is 0.000000261. The normalized spacial score (nSPS) is 11.0. The van der Waals surface area contributed by atoms with Crippen LogP contribution in [0.25, 0.3) is 22.5 Å². The van der Waals surface area contributed by atoms with E-state index in [0.29, 0.717) is 78.9 Å². The predicted octanol–water partition coefficient (Wildman–Crippen LogP) is 12.9. The summed E-state index contributed by atoms with van der Waals surface area (Å²) in [5, 5.41) is 15.9. The van der Waals surface area contributed by atoms with Crippen LogP contribution in [0.4, 0.5) is 42.6 Å². The molecule has 10 aromatic rings. The smallest absolute Gasteiger partial charge is 0.870 e. The third-order valence-corrected chi connectivity index (χ3v) is 17.7. The number of aromatic nitrogens is 2. The Morgan fingerprint density at radius 1 is 0.511 bits per heavy atom. The summed E-state index contributed by atoms with van der Waals surface area (Å²) in [5.41, 5.74) is 8.71. The second-order valence-electron chi connectivity index (χ2n) is 20.8. The van der Waals surface area contributed by atoms with Crippen LogP contribution in [-0.4, -0.2) is 93.6 Å². The van der Waals surface area contributed by atoms with Gasteiger partial charge in [0, 0.05) is 58.8 Å². The molecule has 4 amide bonds. The second kappa shape index (κ2) is 33.8. The van der Waals surface area contributed by atoms with Gasteiger partial charge in [0.15, 0.2) is 10.3 Å². The fourth-order valence-electron chi connectivity index (χ4n) is 10.0. The predicted molar refractivity (Wildman–Crippen MR) is 371 cm³/mol. The largest absolute Gasteiger partial charge is 1.00 e. The third-order valence-electron chi connectivity index (χ3n) is 14.2. The van der Waals surface area contributed by atoms with Gasteiger partial charge in [0.2, 0.25) is 20.0 Å². The molecule has 0 radical (unpaired) electrons. The minimum absolute atomic E-state index is 0. The zero-order valence-electron chi connectivity index (χ0n) is 51.2. The monoisotopic (exact) mass is 1370 g/mol. The van der Waals surface area contributed by atoms with Gasteiger partial charge < -0.3 is 15.3 Å². The molecule has 2 heterocycles. The fraction of sp³-hybridized carbons (Fsp3) is 0.147. The molecule has 8 aromatic carbocycles. The molecule has 0 spiro atoms. The number of aromatic carboxylic acids is 1. The maximum atomic E-state index is 14.0. The van der Waals surface area contributed by atoms with E-state index >= 15 is 0 Å². The molecule has 0 bridgehead atoms. The van der Waals surface area contributed by atoms with Crippen LogP contribution in [0.1, 0.15) is 74.6 Å². The molecule has 26 heteroatoms. The summed E-state index contributed by atoms with van der Waals surface area (Å²) in [6, 6.07) is 65.5. The van der Waals surface area contributed by atoms with Crippen molar-refractivity contribution in [2.45, 2.75) is 31.6 Å². The number of sulfonamides is 2. The number of urea groups is 2. The van der Waals surface area contributed by atoms with Gasteiger partial charge in [0.1, 0.15) is 20.1 Å². The fourth-order valence-corrected chi connectivity index (χ4v) is 13.3. The van der Waals surface area contributed by atoms with Gasteiger partial charge in [-0.15, -0.1) is 0 Å². The number of amides is 4. The van der Waals surface area contributed by atoms with E-state index in [-0.39, 0.29) is 65.2 Å². The molecule has 0 aliphatic carbocycles. The summed E-state index contributed by atoms with van der Waals surface area (Å²) < 4.78 is 56.9. The molecule has 0 fully saturated rings. The van der Waals surface area contributed by atoms with Crippen LogP contribution in [0.15, 0.2) is 218 Å². The van der Waals surface area contributed by atoms with Gasteiger partial charge in [0.05, 0.1) is 30.2 Å². The van der Waals surface area contributed by atoms with E-state index in [1.165, 1.54) is 17.0 Å². The number of ether oxygens (including phenoxy) is 1. The van der Waals surface area contributed by atoms with Gasteiger partial charge in [-0.3, -0.25) is 29.9 Å². The number of carbonyl (C=O) groups excluding carboxylic acids is 3. The van der Waals surface area contributed by atoms with Crippen molar-refractivity contribution in [1.29, 1.82) is 0 Å². The van der Waals surface area contributed by atoms with Crippen LogP contribution >= 0.6 is 45.9 Å². The van der Waals surface area contributed by atoms with Crippen LogP contribution in [0.3, 0.4) is 0 Å². The molecule has 0 atom stereocenters. The van der Waals surface area contributed by atoms with E-state index in [0.717, 1.165) is 57.4 Å². The zero-order valence-corrected chi connectivity index (χ0v) is 56.0. The van der Waals surface area contributed by atoms with Crippen molar-refractivity contribution in [2.24, 2.45) is 0 Å². The number of nitrogens with zero attached hydrogens (tertiary/aromatic N) is 4. The van der Waals surface area contributed by atoms with Crippen LogP contribution in [0, 0.1) is 0 Å². The first-order valence-electron chi connectivity index (χ1n) is 28.6. The summed E-state index contributed by atoms with van der Waals surface area (Å²) in [4.78, 5) is 64.4. The number of carboxylic acids is 1. The summed E-state index contributed by atoms with van der Waals surface area (Å²) in [7, 11) is -6.85. The van der Waals surface area contributed by atoms with Crippen molar-refractivity contribution in [2.75, 3.05) is 62.1 Å². The molecule has 6 N–H and O–H groups in total. The summed E-state index contributed by atoms with van der Waals surface area (Å²) >= 11 is 15.3. The molecule has 480 valence electrons. The molecule has 0 saturated carbocycles. The number of anilines is 6. The molecular weight excluding hydrogens is 1310 g/mol. The zero-order chi connectivity index (χ0) is 65.4. The van der Waals surface area contributed by atoms with Crippen LogP contribution < -0.4 is 48.7 Å². The molecule has 0 saturated heterocycles. The Labute approximate surface area is 575 Å². The van der Waals surface area contributed by atoms with E-state index in [2.05, 4.69) is 78.6 Å². The molecule has 0 unspecified atom stereocenters. The van der Waals surface area contributed by atoms with Crippen molar-refractivity contribution in [3.8, 4) is 22.5 Å². The van der Waals surface area contributed by atoms with Crippen LogP contribution in [-0.2, 0) is 24.8 Å².